The van der Waals surface area contributed by atoms with E-state index in [1.54, 1.807) is 0 Å². The third-order valence-electron chi connectivity index (χ3n) is 2.88. The minimum Gasteiger partial charge on any atom is -0.183 e. The Morgan fingerprint density at radius 2 is 1.93 bits per heavy atom. The maximum Gasteiger partial charge on any atom is 0.152 e. The van der Waals surface area contributed by atoms with E-state index < -0.39 is 0 Å². The molecule has 0 aliphatic heterocycles. The van der Waals surface area contributed by atoms with E-state index in [1.807, 2.05) is 18.2 Å². The lowest BCUT2D eigenvalue weighted by Crippen LogP contribution is -2.04. The Hall–Kier alpha value is -1.44. The molecule has 0 amide bonds. The number of rotatable bonds is 2. The van der Waals surface area contributed by atoms with Gasteiger partial charge in [-0.1, -0.05) is 29.7 Å². The molecule has 1 saturated carbocycles. The van der Waals surface area contributed by atoms with Crippen molar-refractivity contribution in [2.24, 2.45) is 0 Å². The van der Waals surface area contributed by atoms with E-state index in [0.717, 1.165) is 24.3 Å². The Bertz CT molecular complexity index is 452. The van der Waals surface area contributed by atoms with Crippen LogP contribution in [0.1, 0.15) is 24.8 Å². The Labute approximate surface area is 94.7 Å². The summed E-state index contributed by atoms with van der Waals surface area (Å²) in [5, 5.41) is 9.11. The van der Waals surface area contributed by atoms with Crippen LogP contribution in [0.4, 0.5) is 0 Å². The number of hydrogen-bond acceptors (Lipinski definition) is 1. The standard InChI is InChI=1S/C13H10ClN/c14-12-5-3-11(4-6-12)13(8-9-13)7-1-2-10-15/h3-6H,7-9H2. The maximum atomic E-state index is 8.35. The van der Waals surface area contributed by atoms with Gasteiger partial charge in [0.05, 0.1) is 0 Å². The highest BCUT2D eigenvalue weighted by atomic mass is 35.5. The van der Waals surface area contributed by atoms with Crippen LogP contribution in [0, 0.1) is 23.2 Å². The summed E-state index contributed by atoms with van der Waals surface area (Å²) >= 11 is 5.84. The second-order valence-corrected chi connectivity index (χ2v) is 4.31. The van der Waals surface area contributed by atoms with Gasteiger partial charge in [0.25, 0.3) is 0 Å². The largest absolute Gasteiger partial charge is 0.183 e. The van der Waals surface area contributed by atoms with Crippen LogP contribution >= 0.6 is 11.6 Å². The molecule has 2 rings (SSSR count). The predicted molar refractivity (Wildman–Crippen MR) is 60.4 cm³/mol. The summed E-state index contributed by atoms with van der Waals surface area (Å²) in [4.78, 5) is 0. The molecule has 0 spiro atoms. The lowest BCUT2D eigenvalue weighted by atomic mass is 9.93. The van der Waals surface area contributed by atoms with Crippen molar-refractivity contribution in [2.75, 3.05) is 0 Å². The molecule has 74 valence electrons. The van der Waals surface area contributed by atoms with E-state index in [9.17, 15) is 0 Å². The first-order valence-electron chi connectivity index (χ1n) is 4.90. The third kappa shape index (κ3) is 2.14. The Kier molecular flexibility index (Phi) is 2.67. The van der Waals surface area contributed by atoms with Crippen molar-refractivity contribution >= 4 is 11.6 Å². The molecule has 0 N–H and O–H groups in total. The quantitative estimate of drug-likeness (QED) is 0.695. The van der Waals surface area contributed by atoms with Crippen LogP contribution in [0.2, 0.25) is 5.02 Å². The van der Waals surface area contributed by atoms with Crippen LogP contribution in [-0.4, -0.2) is 0 Å². The van der Waals surface area contributed by atoms with Crippen LogP contribution in [0.3, 0.4) is 0 Å². The van der Waals surface area contributed by atoms with E-state index in [2.05, 4.69) is 24.0 Å². The zero-order valence-corrected chi connectivity index (χ0v) is 9.01. The van der Waals surface area contributed by atoms with Crippen molar-refractivity contribution in [2.45, 2.75) is 24.7 Å². The molecule has 2 heteroatoms. The maximum absolute atomic E-state index is 8.35. The van der Waals surface area contributed by atoms with Gasteiger partial charge in [-0.3, -0.25) is 0 Å². The predicted octanol–water partition coefficient (Wildman–Crippen LogP) is 3.29. The van der Waals surface area contributed by atoms with Gasteiger partial charge in [0.15, 0.2) is 6.07 Å². The van der Waals surface area contributed by atoms with Gasteiger partial charge in [0, 0.05) is 22.8 Å². The molecule has 1 aromatic rings. The average Bonchev–Trinajstić information content (AvgIpc) is 3.00. The molecule has 0 heterocycles. The zero-order valence-electron chi connectivity index (χ0n) is 8.26. The van der Waals surface area contributed by atoms with Crippen molar-refractivity contribution in [3.8, 4) is 17.9 Å². The zero-order chi connectivity index (χ0) is 10.7. The van der Waals surface area contributed by atoms with Crippen LogP contribution in [-0.2, 0) is 5.41 Å². The highest BCUT2D eigenvalue weighted by Gasteiger charge is 2.43. The topological polar surface area (TPSA) is 23.8 Å². The summed E-state index contributed by atoms with van der Waals surface area (Å²) in [5.74, 6) is 5.36. The molecule has 0 radical (unpaired) electrons. The van der Waals surface area contributed by atoms with Gasteiger partial charge in [-0.25, -0.2) is 0 Å². The summed E-state index contributed by atoms with van der Waals surface area (Å²) in [6.07, 6.45) is 3.10. The van der Waals surface area contributed by atoms with Gasteiger partial charge in [0.1, 0.15) is 0 Å². The summed E-state index contributed by atoms with van der Waals surface area (Å²) in [5.41, 5.74) is 1.49. The average molecular weight is 216 g/mol. The fraction of sp³-hybridized carbons (Fsp3) is 0.308. The van der Waals surface area contributed by atoms with E-state index in [-0.39, 0.29) is 5.41 Å². The smallest absolute Gasteiger partial charge is 0.152 e. The number of nitrogens with zero attached hydrogens (tertiary/aromatic N) is 1. The lowest BCUT2D eigenvalue weighted by molar-refractivity contribution is 0.720. The molecule has 0 bridgehead atoms. The van der Waals surface area contributed by atoms with Gasteiger partial charge in [-0.15, -0.1) is 0 Å². The van der Waals surface area contributed by atoms with Crippen molar-refractivity contribution in [1.29, 1.82) is 5.26 Å². The molecule has 1 aliphatic rings. The first-order chi connectivity index (χ1) is 7.27. The Morgan fingerprint density at radius 1 is 1.27 bits per heavy atom. The molecule has 1 nitrogen and oxygen atoms in total. The first kappa shape index (κ1) is 10.1. The molecule has 1 fully saturated rings. The minimum absolute atomic E-state index is 0.203. The van der Waals surface area contributed by atoms with Crippen LogP contribution in [0.15, 0.2) is 24.3 Å². The number of hydrogen-bond donors (Lipinski definition) is 0. The molecule has 0 unspecified atom stereocenters. The van der Waals surface area contributed by atoms with Gasteiger partial charge < -0.3 is 0 Å². The van der Waals surface area contributed by atoms with E-state index in [4.69, 9.17) is 16.9 Å². The van der Waals surface area contributed by atoms with Crippen LogP contribution < -0.4 is 0 Å². The van der Waals surface area contributed by atoms with Gasteiger partial charge in [-0.05, 0) is 30.5 Å². The highest BCUT2D eigenvalue weighted by molar-refractivity contribution is 6.30. The van der Waals surface area contributed by atoms with Crippen LogP contribution in [0.25, 0.3) is 0 Å². The van der Waals surface area contributed by atoms with Crippen molar-refractivity contribution in [3.63, 3.8) is 0 Å². The fourth-order valence-electron chi connectivity index (χ4n) is 1.77. The molecule has 15 heavy (non-hydrogen) atoms. The number of halogens is 1. The van der Waals surface area contributed by atoms with E-state index in [1.165, 1.54) is 5.56 Å². The van der Waals surface area contributed by atoms with Crippen molar-refractivity contribution in [1.82, 2.24) is 0 Å². The fourth-order valence-corrected chi connectivity index (χ4v) is 1.90. The second-order valence-electron chi connectivity index (χ2n) is 3.88. The van der Waals surface area contributed by atoms with Crippen molar-refractivity contribution in [3.05, 3.63) is 34.9 Å². The number of benzene rings is 1. The van der Waals surface area contributed by atoms with Gasteiger partial charge in [0.2, 0.25) is 0 Å². The molecule has 1 aliphatic carbocycles. The number of nitriles is 1. The van der Waals surface area contributed by atoms with E-state index in [0.29, 0.717) is 0 Å². The molecule has 0 aromatic heterocycles. The second kappa shape index (κ2) is 3.97. The Balaban J connectivity index is 2.16. The summed E-state index contributed by atoms with van der Waals surface area (Å²) < 4.78 is 0. The lowest BCUT2D eigenvalue weighted by Gasteiger charge is -2.11. The first-order valence-corrected chi connectivity index (χ1v) is 5.28. The van der Waals surface area contributed by atoms with Gasteiger partial charge in [-0.2, -0.15) is 5.26 Å². The minimum atomic E-state index is 0.203. The Morgan fingerprint density at radius 3 is 2.47 bits per heavy atom. The normalized spacial score (nSPS) is 16.0. The summed E-state index contributed by atoms with van der Waals surface area (Å²) in [7, 11) is 0. The monoisotopic (exact) mass is 215 g/mol. The molecular formula is C13H10ClN. The van der Waals surface area contributed by atoms with E-state index >= 15 is 0 Å². The van der Waals surface area contributed by atoms with Gasteiger partial charge >= 0.3 is 0 Å². The molecule has 1 aromatic carbocycles. The highest BCUT2D eigenvalue weighted by Crippen LogP contribution is 2.50. The molecular weight excluding hydrogens is 206 g/mol. The van der Waals surface area contributed by atoms with Crippen molar-refractivity contribution < 1.29 is 0 Å². The summed E-state index contributed by atoms with van der Waals surface area (Å²) in [6, 6.07) is 9.79. The SMILES string of the molecule is N#CC#CCC1(c2ccc(Cl)cc2)CC1. The summed E-state index contributed by atoms with van der Waals surface area (Å²) in [6.45, 7) is 0. The molecule has 0 atom stereocenters. The molecule has 0 saturated heterocycles. The van der Waals surface area contributed by atoms with Crippen LogP contribution in [0.5, 0.6) is 0 Å². The third-order valence-corrected chi connectivity index (χ3v) is 3.13.